The van der Waals surface area contributed by atoms with E-state index >= 15 is 0 Å². The van der Waals surface area contributed by atoms with Crippen molar-refractivity contribution < 1.29 is 4.74 Å². The fourth-order valence-electron chi connectivity index (χ4n) is 3.16. The molecule has 1 aromatic rings. The molecule has 5 heteroatoms. The first-order valence-corrected chi connectivity index (χ1v) is 8.98. The molecule has 1 atom stereocenters. The van der Waals surface area contributed by atoms with Crippen molar-refractivity contribution in [2.24, 2.45) is 10.9 Å². The van der Waals surface area contributed by atoms with Gasteiger partial charge in [-0.25, -0.2) is 0 Å². The van der Waals surface area contributed by atoms with Crippen LogP contribution in [0.15, 0.2) is 29.3 Å². The van der Waals surface area contributed by atoms with Gasteiger partial charge in [-0.2, -0.15) is 0 Å². The maximum Gasteiger partial charge on any atom is 0.193 e. The number of nitrogens with zero attached hydrogens (tertiary/aromatic N) is 3. The Kier molecular flexibility index (Phi) is 7.22. The molecule has 1 N–H and O–H groups in total. The van der Waals surface area contributed by atoms with Gasteiger partial charge in [-0.3, -0.25) is 4.99 Å². The second kappa shape index (κ2) is 9.40. The number of anilines is 1. The molecule has 1 unspecified atom stereocenters. The predicted molar refractivity (Wildman–Crippen MR) is 102 cm³/mol. The smallest absolute Gasteiger partial charge is 0.193 e. The molecule has 0 saturated carbocycles. The summed E-state index contributed by atoms with van der Waals surface area (Å²) < 4.78 is 5.33. The van der Waals surface area contributed by atoms with Crippen molar-refractivity contribution in [3.63, 3.8) is 0 Å². The molecule has 0 aromatic heterocycles. The molecule has 0 radical (unpaired) electrons. The van der Waals surface area contributed by atoms with E-state index in [9.17, 15) is 0 Å². The normalized spacial score (nSPS) is 17.9. The molecule has 5 nitrogen and oxygen atoms in total. The summed E-state index contributed by atoms with van der Waals surface area (Å²) >= 11 is 0. The van der Waals surface area contributed by atoms with E-state index in [0.29, 0.717) is 5.92 Å². The summed E-state index contributed by atoms with van der Waals surface area (Å²) in [6, 6.07) is 8.34. The number of nitrogens with one attached hydrogen (secondary N) is 1. The van der Waals surface area contributed by atoms with Crippen molar-refractivity contribution in [1.29, 1.82) is 0 Å². The van der Waals surface area contributed by atoms with Crippen molar-refractivity contribution >= 4 is 11.6 Å². The molecule has 134 valence electrons. The molecule has 24 heavy (non-hydrogen) atoms. The minimum Gasteiger partial charge on any atom is -0.497 e. The Morgan fingerprint density at radius 2 is 2.29 bits per heavy atom. The average Bonchev–Trinajstić information content (AvgIpc) is 3.09. The number of hydrogen-bond donors (Lipinski definition) is 1. The lowest BCUT2D eigenvalue weighted by Gasteiger charge is -2.23. The number of unbranched alkanes of at least 4 members (excludes halogenated alkanes) is 1. The zero-order chi connectivity index (χ0) is 17.4. The summed E-state index contributed by atoms with van der Waals surface area (Å²) in [5.41, 5.74) is 1.25. The minimum absolute atomic E-state index is 0.646. The van der Waals surface area contributed by atoms with Crippen LogP contribution in [0.5, 0.6) is 5.75 Å². The number of hydrogen-bond acceptors (Lipinski definition) is 3. The molecular formula is C19H32N4O. The van der Waals surface area contributed by atoms with E-state index in [1.807, 2.05) is 13.1 Å². The maximum absolute atomic E-state index is 5.33. The summed E-state index contributed by atoms with van der Waals surface area (Å²) in [5.74, 6) is 2.57. The van der Waals surface area contributed by atoms with E-state index in [0.717, 1.165) is 37.9 Å². The van der Waals surface area contributed by atoms with Crippen LogP contribution < -0.4 is 15.0 Å². The van der Waals surface area contributed by atoms with Gasteiger partial charge in [-0.1, -0.05) is 19.4 Å². The van der Waals surface area contributed by atoms with Gasteiger partial charge in [0.25, 0.3) is 0 Å². The standard InChI is InChI=1S/C19H32N4O/c1-5-6-11-22(3)19(20-2)21-14-16-10-12-23(15-16)17-8-7-9-18(13-17)24-4/h7-9,13,16H,5-6,10-12,14-15H2,1-4H3,(H,20,21). The van der Waals surface area contributed by atoms with Crippen LogP contribution in [0.3, 0.4) is 0 Å². The molecule has 0 amide bonds. The first-order chi connectivity index (χ1) is 11.7. The summed E-state index contributed by atoms with van der Waals surface area (Å²) in [4.78, 5) is 9.07. The molecule has 0 spiro atoms. The Hall–Kier alpha value is -1.91. The van der Waals surface area contributed by atoms with Gasteiger partial charge >= 0.3 is 0 Å². The van der Waals surface area contributed by atoms with Gasteiger partial charge in [0.1, 0.15) is 5.75 Å². The quantitative estimate of drug-likeness (QED) is 0.616. The van der Waals surface area contributed by atoms with Crippen molar-refractivity contribution in [2.75, 3.05) is 52.3 Å². The van der Waals surface area contributed by atoms with E-state index in [1.54, 1.807) is 7.11 Å². The van der Waals surface area contributed by atoms with Crippen LogP contribution in [0.2, 0.25) is 0 Å². The highest BCUT2D eigenvalue weighted by Crippen LogP contribution is 2.26. The second-order valence-electron chi connectivity index (χ2n) is 6.51. The average molecular weight is 332 g/mol. The van der Waals surface area contributed by atoms with Gasteiger partial charge in [-0.15, -0.1) is 0 Å². The van der Waals surface area contributed by atoms with Gasteiger partial charge < -0.3 is 19.9 Å². The predicted octanol–water partition coefficient (Wildman–Crippen LogP) is 2.83. The highest BCUT2D eigenvalue weighted by atomic mass is 16.5. The molecule has 0 bridgehead atoms. The van der Waals surface area contributed by atoms with Gasteiger partial charge in [-0.05, 0) is 30.9 Å². The van der Waals surface area contributed by atoms with Crippen LogP contribution >= 0.6 is 0 Å². The molecule has 1 heterocycles. The number of guanidine groups is 1. The zero-order valence-corrected chi connectivity index (χ0v) is 15.6. The van der Waals surface area contributed by atoms with Crippen LogP contribution in [0, 0.1) is 5.92 Å². The SMILES string of the molecule is CCCCN(C)C(=NC)NCC1CCN(c2cccc(OC)c2)C1. The Morgan fingerprint density at radius 1 is 1.46 bits per heavy atom. The van der Waals surface area contributed by atoms with Gasteiger partial charge in [0, 0.05) is 52.0 Å². The van der Waals surface area contributed by atoms with E-state index in [4.69, 9.17) is 4.74 Å². The van der Waals surface area contributed by atoms with Crippen molar-refractivity contribution in [3.05, 3.63) is 24.3 Å². The van der Waals surface area contributed by atoms with E-state index < -0.39 is 0 Å². The molecular weight excluding hydrogens is 300 g/mol. The van der Waals surface area contributed by atoms with Crippen LogP contribution in [0.1, 0.15) is 26.2 Å². The molecule has 0 aliphatic carbocycles. The first-order valence-electron chi connectivity index (χ1n) is 8.98. The summed E-state index contributed by atoms with van der Waals surface area (Å²) in [6.07, 6.45) is 3.61. The monoisotopic (exact) mass is 332 g/mol. The summed E-state index contributed by atoms with van der Waals surface area (Å²) in [7, 11) is 5.70. The third-order valence-electron chi connectivity index (χ3n) is 4.67. The van der Waals surface area contributed by atoms with Gasteiger partial charge in [0.05, 0.1) is 7.11 Å². The van der Waals surface area contributed by atoms with E-state index in [-0.39, 0.29) is 0 Å². The fourth-order valence-corrected chi connectivity index (χ4v) is 3.16. The van der Waals surface area contributed by atoms with E-state index in [2.05, 4.69) is 52.3 Å². The molecule has 1 fully saturated rings. The maximum atomic E-state index is 5.33. The van der Waals surface area contributed by atoms with Crippen molar-refractivity contribution in [1.82, 2.24) is 10.2 Å². The van der Waals surface area contributed by atoms with Gasteiger partial charge in [0.2, 0.25) is 0 Å². The molecule has 1 aliphatic rings. The first kappa shape index (κ1) is 18.4. The highest BCUT2D eigenvalue weighted by molar-refractivity contribution is 5.79. The molecule has 2 rings (SSSR count). The lowest BCUT2D eigenvalue weighted by atomic mass is 10.1. The molecule has 1 aliphatic heterocycles. The summed E-state index contributed by atoms with van der Waals surface area (Å²) in [5, 5.41) is 3.54. The Bertz CT molecular complexity index is 532. The van der Waals surface area contributed by atoms with Crippen LogP contribution in [-0.4, -0.2) is 58.2 Å². The lowest BCUT2D eigenvalue weighted by molar-refractivity contribution is 0.415. The van der Waals surface area contributed by atoms with Gasteiger partial charge in [0.15, 0.2) is 5.96 Å². The van der Waals surface area contributed by atoms with Crippen LogP contribution in [-0.2, 0) is 0 Å². The Morgan fingerprint density at radius 3 is 3.00 bits per heavy atom. The van der Waals surface area contributed by atoms with E-state index in [1.165, 1.54) is 24.9 Å². The minimum atomic E-state index is 0.646. The third-order valence-corrected chi connectivity index (χ3v) is 4.67. The highest BCUT2D eigenvalue weighted by Gasteiger charge is 2.23. The van der Waals surface area contributed by atoms with Crippen LogP contribution in [0.4, 0.5) is 5.69 Å². The number of rotatable bonds is 7. The van der Waals surface area contributed by atoms with Crippen LogP contribution in [0.25, 0.3) is 0 Å². The number of methoxy groups -OCH3 is 1. The second-order valence-corrected chi connectivity index (χ2v) is 6.51. The molecule has 1 aromatic carbocycles. The topological polar surface area (TPSA) is 40.1 Å². The molecule has 1 saturated heterocycles. The van der Waals surface area contributed by atoms with Crippen molar-refractivity contribution in [2.45, 2.75) is 26.2 Å². The fraction of sp³-hybridized carbons (Fsp3) is 0.632. The Labute approximate surface area is 146 Å². The largest absolute Gasteiger partial charge is 0.497 e. The lowest BCUT2D eigenvalue weighted by Crippen LogP contribution is -2.41. The number of aliphatic imine (C=N–C) groups is 1. The van der Waals surface area contributed by atoms with Crippen molar-refractivity contribution in [3.8, 4) is 5.75 Å². The number of benzene rings is 1. The Balaban J connectivity index is 1.83. The number of ether oxygens (including phenoxy) is 1. The summed E-state index contributed by atoms with van der Waals surface area (Å²) in [6.45, 7) is 6.43. The third kappa shape index (κ3) is 5.05. The zero-order valence-electron chi connectivity index (χ0n) is 15.6.